The van der Waals surface area contributed by atoms with Crippen LogP contribution in [0.15, 0.2) is 18.2 Å². The molecule has 21 heavy (non-hydrogen) atoms. The minimum Gasteiger partial charge on any atom is -0.484 e. The number of likely N-dealkylation sites (tertiary alicyclic amines) is 1. The number of ketones is 1. The molecule has 6 heteroatoms. The van der Waals surface area contributed by atoms with E-state index in [9.17, 15) is 9.59 Å². The number of fused-ring (bicyclic) bond motifs is 1. The Morgan fingerprint density at radius 1 is 1.38 bits per heavy atom. The van der Waals surface area contributed by atoms with Gasteiger partial charge in [-0.3, -0.25) is 14.5 Å². The van der Waals surface area contributed by atoms with Gasteiger partial charge in [-0.1, -0.05) is 17.7 Å². The molecule has 2 aliphatic heterocycles. The molecule has 0 saturated carbocycles. The van der Waals surface area contributed by atoms with Gasteiger partial charge in [0, 0.05) is 25.9 Å². The molecule has 1 saturated heterocycles. The summed E-state index contributed by atoms with van der Waals surface area (Å²) >= 11 is 6.14. The largest absolute Gasteiger partial charge is 0.484 e. The van der Waals surface area contributed by atoms with Crippen LogP contribution in [0.4, 0.5) is 0 Å². The number of piperidine rings is 1. The summed E-state index contributed by atoms with van der Waals surface area (Å²) in [6, 6.07) is 5.19. The fraction of sp³-hybridized carbons (Fsp3) is 0.467. The van der Waals surface area contributed by atoms with Crippen LogP contribution in [-0.2, 0) is 4.79 Å². The van der Waals surface area contributed by atoms with Crippen LogP contribution >= 0.6 is 11.6 Å². The Kier molecular flexibility index (Phi) is 3.63. The molecule has 0 amide bonds. The van der Waals surface area contributed by atoms with Crippen molar-refractivity contribution in [1.82, 2.24) is 4.90 Å². The molecule has 0 aromatic heterocycles. The first-order valence-electron chi connectivity index (χ1n) is 6.94. The molecule has 5 nitrogen and oxygen atoms in total. The van der Waals surface area contributed by atoms with Gasteiger partial charge in [0.1, 0.15) is 11.4 Å². The van der Waals surface area contributed by atoms with Gasteiger partial charge in [0.2, 0.25) is 0 Å². The molecule has 1 spiro atoms. The maximum absolute atomic E-state index is 12.3. The number of hydrogen-bond donors (Lipinski definition) is 1. The van der Waals surface area contributed by atoms with E-state index >= 15 is 0 Å². The smallest absolute Gasteiger partial charge is 0.317 e. The third kappa shape index (κ3) is 2.76. The van der Waals surface area contributed by atoms with Crippen LogP contribution in [0.3, 0.4) is 0 Å². The quantitative estimate of drug-likeness (QED) is 0.907. The lowest BCUT2D eigenvalue weighted by Gasteiger charge is -2.43. The third-order valence-electron chi connectivity index (χ3n) is 4.19. The zero-order chi connectivity index (χ0) is 15.0. The second kappa shape index (κ2) is 5.31. The van der Waals surface area contributed by atoms with E-state index in [1.807, 2.05) is 4.90 Å². The number of para-hydroxylation sites is 1. The average Bonchev–Trinajstić information content (AvgIpc) is 2.43. The topological polar surface area (TPSA) is 66.8 Å². The molecule has 2 aliphatic rings. The summed E-state index contributed by atoms with van der Waals surface area (Å²) < 4.78 is 6.09. The molecule has 3 rings (SSSR count). The van der Waals surface area contributed by atoms with E-state index in [4.69, 9.17) is 21.4 Å². The highest BCUT2D eigenvalue weighted by molar-refractivity contribution is 6.32. The highest BCUT2D eigenvalue weighted by atomic mass is 35.5. The van der Waals surface area contributed by atoms with Crippen LogP contribution in [0.1, 0.15) is 29.6 Å². The Morgan fingerprint density at radius 3 is 2.76 bits per heavy atom. The average molecular weight is 310 g/mol. The summed E-state index contributed by atoms with van der Waals surface area (Å²) in [7, 11) is 0. The van der Waals surface area contributed by atoms with E-state index in [-0.39, 0.29) is 12.3 Å². The van der Waals surface area contributed by atoms with Crippen molar-refractivity contribution in [2.75, 3.05) is 19.6 Å². The Labute approximate surface area is 127 Å². The Balaban J connectivity index is 1.79. The summed E-state index contributed by atoms with van der Waals surface area (Å²) in [5.74, 6) is -0.312. The number of aliphatic carboxylic acids is 1. The first-order valence-corrected chi connectivity index (χ1v) is 7.32. The molecule has 0 aliphatic carbocycles. The SMILES string of the molecule is O=C(O)CN1CCC2(CC1)CC(=O)c1cccc(Cl)c1O2. The van der Waals surface area contributed by atoms with Gasteiger partial charge in [-0.2, -0.15) is 0 Å². The summed E-state index contributed by atoms with van der Waals surface area (Å²) in [6.45, 7) is 1.25. The molecule has 0 unspecified atom stereocenters. The highest BCUT2D eigenvalue weighted by Crippen LogP contribution is 2.42. The van der Waals surface area contributed by atoms with Crippen molar-refractivity contribution in [3.05, 3.63) is 28.8 Å². The van der Waals surface area contributed by atoms with Gasteiger partial charge in [0.25, 0.3) is 0 Å². The van der Waals surface area contributed by atoms with Gasteiger partial charge < -0.3 is 9.84 Å². The molecule has 0 atom stereocenters. The number of carbonyl (C=O) groups is 2. The first kappa shape index (κ1) is 14.4. The van der Waals surface area contributed by atoms with Crippen molar-refractivity contribution in [2.24, 2.45) is 0 Å². The number of Topliss-reactive ketones (excluding diaryl/α,β-unsaturated/α-hetero) is 1. The molecule has 0 radical (unpaired) electrons. The molecule has 1 N–H and O–H groups in total. The number of hydrogen-bond acceptors (Lipinski definition) is 4. The summed E-state index contributed by atoms with van der Waals surface area (Å²) in [4.78, 5) is 24.9. The molecular formula is C15H16ClNO4. The monoisotopic (exact) mass is 309 g/mol. The molecule has 1 aromatic rings. The van der Waals surface area contributed by atoms with Crippen LogP contribution in [-0.4, -0.2) is 47.0 Å². The van der Waals surface area contributed by atoms with Crippen LogP contribution in [0.2, 0.25) is 5.02 Å². The highest BCUT2D eigenvalue weighted by Gasteiger charge is 2.43. The predicted octanol–water partition coefficient (Wildman–Crippen LogP) is 2.22. The molecule has 1 aromatic carbocycles. The first-order chi connectivity index (χ1) is 9.99. The third-order valence-corrected chi connectivity index (χ3v) is 4.49. The van der Waals surface area contributed by atoms with Gasteiger partial charge >= 0.3 is 5.97 Å². The Bertz CT molecular complexity index is 593. The number of benzene rings is 1. The number of rotatable bonds is 2. The van der Waals surface area contributed by atoms with E-state index in [1.54, 1.807) is 18.2 Å². The number of carboxylic acids is 1. The number of carboxylic acid groups (broad SMARTS) is 1. The van der Waals surface area contributed by atoms with Gasteiger partial charge in [-0.15, -0.1) is 0 Å². The lowest BCUT2D eigenvalue weighted by molar-refractivity contribution is -0.139. The normalized spacial score (nSPS) is 20.9. The molecule has 2 heterocycles. The lowest BCUT2D eigenvalue weighted by Crippen LogP contribution is -2.51. The minimum absolute atomic E-state index is 0.0291. The van der Waals surface area contributed by atoms with Gasteiger partial charge in [0.15, 0.2) is 5.78 Å². The lowest BCUT2D eigenvalue weighted by atomic mass is 9.82. The van der Waals surface area contributed by atoms with Crippen molar-refractivity contribution >= 4 is 23.4 Å². The van der Waals surface area contributed by atoms with E-state index in [0.29, 0.717) is 48.7 Å². The fourth-order valence-electron chi connectivity index (χ4n) is 3.06. The summed E-state index contributed by atoms with van der Waals surface area (Å²) in [5.41, 5.74) is 0.00506. The molecule has 112 valence electrons. The number of nitrogens with zero attached hydrogens (tertiary/aromatic N) is 1. The zero-order valence-corrected chi connectivity index (χ0v) is 12.2. The van der Waals surface area contributed by atoms with E-state index in [1.165, 1.54) is 0 Å². The zero-order valence-electron chi connectivity index (χ0n) is 11.5. The fourth-order valence-corrected chi connectivity index (χ4v) is 3.27. The Hall–Kier alpha value is -1.59. The van der Waals surface area contributed by atoms with Crippen LogP contribution < -0.4 is 4.74 Å². The van der Waals surface area contributed by atoms with Crippen molar-refractivity contribution in [3.8, 4) is 5.75 Å². The minimum atomic E-state index is -0.833. The van der Waals surface area contributed by atoms with Gasteiger partial charge in [0.05, 0.1) is 23.6 Å². The maximum Gasteiger partial charge on any atom is 0.317 e. The van der Waals surface area contributed by atoms with E-state index in [0.717, 1.165) is 0 Å². The summed E-state index contributed by atoms with van der Waals surface area (Å²) in [6.07, 6.45) is 1.61. The van der Waals surface area contributed by atoms with E-state index < -0.39 is 11.6 Å². The molecule has 0 bridgehead atoms. The van der Waals surface area contributed by atoms with Gasteiger partial charge in [-0.25, -0.2) is 0 Å². The van der Waals surface area contributed by atoms with Crippen molar-refractivity contribution in [3.63, 3.8) is 0 Å². The number of carbonyl (C=O) groups excluding carboxylic acids is 1. The standard InChI is InChI=1S/C15H16ClNO4/c16-11-3-1-2-10-12(18)8-15(21-14(10)11)4-6-17(7-5-15)9-13(19)20/h1-3H,4-9H2,(H,19,20). The van der Waals surface area contributed by atoms with E-state index in [2.05, 4.69) is 0 Å². The number of ether oxygens (including phenoxy) is 1. The number of halogens is 1. The second-order valence-corrected chi connectivity index (χ2v) is 6.08. The maximum atomic E-state index is 12.3. The van der Waals surface area contributed by atoms with Crippen LogP contribution in [0, 0.1) is 0 Å². The second-order valence-electron chi connectivity index (χ2n) is 5.67. The molecule has 1 fully saturated rings. The van der Waals surface area contributed by atoms with Crippen molar-refractivity contribution in [2.45, 2.75) is 24.9 Å². The van der Waals surface area contributed by atoms with Crippen molar-refractivity contribution < 1.29 is 19.4 Å². The van der Waals surface area contributed by atoms with Crippen LogP contribution in [0.25, 0.3) is 0 Å². The Morgan fingerprint density at radius 2 is 2.10 bits per heavy atom. The molecular weight excluding hydrogens is 294 g/mol. The van der Waals surface area contributed by atoms with Gasteiger partial charge in [-0.05, 0) is 12.1 Å². The summed E-state index contributed by atoms with van der Waals surface area (Å²) in [5, 5.41) is 9.28. The predicted molar refractivity (Wildman–Crippen MR) is 77.1 cm³/mol. The van der Waals surface area contributed by atoms with Crippen molar-refractivity contribution in [1.29, 1.82) is 0 Å². The van der Waals surface area contributed by atoms with Crippen LogP contribution in [0.5, 0.6) is 5.75 Å².